The molecule has 2 aromatic heterocycles. The van der Waals surface area contributed by atoms with Crippen LogP contribution in [0.5, 0.6) is 0 Å². The summed E-state index contributed by atoms with van der Waals surface area (Å²) in [5.41, 5.74) is -0.274. The van der Waals surface area contributed by atoms with Crippen LogP contribution in [0.15, 0.2) is 60.5 Å². The zero-order valence-corrected chi connectivity index (χ0v) is 20.6. The van der Waals surface area contributed by atoms with Gasteiger partial charge in [0.2, 0.25) is 6.33 Å². The van der Waals surface area contributed by atoms with Crippen LogP contribution < -0.4 is 4.57 Å². The summed E-state index contributed by atoms with van der Waals surface area (Å²) >= 11 is 1.25. The highest BCUT2D eigenvalue weighted by atomic mass is 32.1. The van der Waals surface area contributed by atoms with E-state index in [1.165, 1.54) is 28.7 Å². The molecule has 0 aliphatic carbocycles. The molecule has 9 nitrogen and oxygen atoms in total. The smallest absolute Gasteiger partial charge is 0.359 e. The normalized spacial score (nSPS) is 14.2. The van der Waals surface area contributed by atoms with Gasteiger partial charge >= 0.3 is 7.60 Å². The maximum atomic E-state index is 14.9. The van der Waals surface area contributed by atoms with Crippen LogP contribution in [0.1, 0.15) is 29.0 Å². The van der Waals surface area contributed by atoms with Gasteiger partial charge in [-0.25, -0.2) is 18.3 Å². The molecule has 0 spiro atoms. The van der Waals surface area contributed by atoms with Gasteiger partial charge in [-0.05, 0) is 18.2 Å². The molecule has 2 heterocycles. The lowest BCUT2D eigenvalue weighted by Gasteiger charge is -2.32. The number of benzene rings is 2. The van der Waals surface area contributed by atoms with Crippen LogP contribution in [0.25, 0.3) is 11.3 Å². The highest BCUT2D eigenvalue weighted by Crippen LogP contribution is 2.41. The minimum atomic E-state index is -4.38. The minimum Gasteiger partial charge on any atom is -0.381 e. The van der Waals surface area contributed by atoms with Gasteiger partial charge in [0.15, 0.2) is 6.29 Å². The van der Waals surface area contributed by atoms with Crippen molar-refractivity contribution in [1.29, 1.82) is 5.26 Å². The van der Waals surface area contributed by atoms with Gasteiger partial charge in [0.1, 0.15) is 23.8 Å². The molecule has 186 valence electrons. The molecule has 0 saturated heterocycles. The minimum absolute atomic E-state index is 0.177. The summed E-state index contributed by atoms with van der Waals surface area (Å²) in [5, 5.41) is 27.1. The molecule has 4 rings (SSSR count). The van der Waals surface area contributed by atoms with Gasteiger partial charge in [0.05, 0.1) is 22.3 Å². The number of hydrogen-bond acceptors (Lipinski definition) is 6. The lowest BCUT2D eigenvalue weighted by Crippen LogP contribution is -2.39. The van der Waals surface area contributed by atoms with Crippen molar-refractivity contribution in [2.24, 2.45) is 0 Å². The predicted octanol–water partition coefficient (Wildman–Crippen LogP) is 3.27. The zero-order valence-electron chi connectivity index (χ0n) is 18.9. The highest BCUT2D eigenvalue weighted by Gasteiger charge is 2.43. The molecule has 0 fully saturated rings. The van der Waals surface area contributed by atoms with Crippen molar-refractivity contribution in [3.05, 3.63) is 88.3 Å². The quantitative estimate of drug-likeness (QED) is 0.234. The van der Waals surface area contributed by atoms with Gasteiger partial charge in [-0.1, -0.05) is 25.1 Å². The molecule has 2 aromatic carbocycles. The maximum Gasteiger partial charge on any atom is 0.359 e. The summed E-state index contributed by atoms with van der Waals surface area (Å²) < 4.78 is 42.3. The Balaban J connectivity index is 1.71. The third-order valence-corrected chi connectivity index (χ3v) is 7.42. The average Bonchev–Trinajstić information content (AvgIpc) is 3.47. The lowest BCUT2D eigenvalue weighted by atomic mass is 9.82. The Kier molecular flexibility index (Phi) is 7.13. The molecule has 0 bridgehead atoms. The van der Waals surface area contributed by atoms with Crippen molar-refractivity contribution >= 4 is 18.9 Å². The molecule has 0 aliphatic rings. The molecular weight excluding hydrogens is 511 g/mol. The average molecular weight is 532 g/mol. The third kappa shape index (κ3) is 5.56. The second-order valence-electron chi connectivity index (χ2n) is 8.29. The van der Waals surface area contributed by atoms with Crippen LogP contribution in [0.4, 0.5) is 8.78 Å². The fourth-order valence-corrected chi connectivity index (χ4v) is 5.36. The Labute approximate surface area is 208 Å². The Morgan fingerprint density at radius 3 is 2.61 bits per heavy atom. The number of aliphatic hydroxyl groups is 1. The third-order valence-electron chi connectivity index (χ3n) is 5.70. The molecule has 0 radical (unpaired) electrons. The van der Waals surface area contributed by atoms with Crippen molar-refractivity contribution in [3.8, 4) is 17.3 Å². The molecule has 4 aromatic rings. The molecule has 0 saturated carbocycles. The number of nitriles is 1. The summed E-state index contributed by atoms with van der Waals surface area (Å²) in [6.07, 6.45) is 1.84. The Hall–Kier alpha value is -3.33. The largest absolute Gasteiger partial charge is 0.381 e. The first-order valence-corrected chi connectivity index (χ1v) is 13.3. The molecule has 36 heavy (non-hydrogen) atoms. The van der Waals surface area contributed by atoms with Crippen molar-refractivity contribution < 1.29 is 32.8 Å². The van der Waals surface area contributed by atoms with Gasteiger partial charge in [-0.3, -0.25) is 4.57 Å². The number of nitrogens with zero attached hydrogens (tertiary/aromatic N) is 5. The molecule has 0 amide bonds. The maximum absolute atomic E-state index is 14.9. The van der Waals surface area contributed by atoms with Crippen molar-refractivity contribution in [2.75, 3.05) is 0 Å². The molecule has 0 aliphatic heterocycles. The van der Waals surface area contributed by atoms with E-state index in [1.54, 1.807) is 36.6 Å². The summed E-state index contributed by atoms with van der Waals surface area (Å²) in [7, 11) is -4.38. The van der Waals surface area contributed by atoms with Gasteiger partial charge in [0, 0.05) is 33.6 Å². The molecule has 2 atom stereocenters. The van der Waals surface area contributed by atoms with Crippen molar-refractivity contribution in [3.63, 3.8) is 0 Å². The van der Waals surface area contributed by atoms with Crippen LogP contribution >= 0.6 is 18.9 Å². The first-order chi connectivity index (χ1) is 17.0. The standard InChI is InChI=1S/C23H20F2N5O4PS/c1-15(22-28-21(10-36-22)17-4-2-16(9-26)3-5-17)23(31,19-7-6-18(24)8-20(19)25)11-30-13-29(12-27-30)14-35(32,33)34/h2-8,10,12-13,15,31H,11,14H2,1H3,(H-,32,33,34)/p+1/t15-,23+/m0/s1. The SMILES string of the molecule is C[C@@H](c1nc(-c2ccc(C#N)cc2)cs1)[C@](O)(Cn1c[n+](CP(=O)(O)O)cn1)c1ccc(F)cc1F. The fourth-order valence-electron chi connectivity index (χ4n) is 3.81. The highest BCUT2D eigenvalue weighted by molar-refractivity contribution is 7.50. The Morgan fingerprint density at radius 2 is 1.97 bits per heavy atom. The number of aromatic nitrogens is 4. The van der Waals surface area contributed by atoms with Gasteiger partial charge in [0.25, 0.3) is 6.33 Å². The van der Waals surface area contributed by atoms with E-state index in [9.17, 15) is 28.2 Å². The summed E-state index contributed by atoms with van der Waals surface area (Å²) in [6, 6.07) is 11.7. The second-order valence-corrected chi connectivity index (χ2v) is 10.8. The first kappa shape index (κ1) is 25.8. The molecule has 0 unspecified atom stereocenters. The number of rotatable bonds is 8. The van der Waals surface area contributed by atoms with Crippen LogP contribution in [-0.4, -0.2) is 29.7 Å². The van der Waals surface area contributed by atoms with Crippen molar-refractivity contribution in [1.82, 2.24) is 14.8 Å². The van der Waals surface area contributed by atoms with Crippen LogP contribution in [0, 0.1) is 23.0 Å². The van der Waals surface area contributed by atoms with Gasteiger partial charge in [-0.15, -0.1) is 16.0 Å². The van der Waals surface area contributed by atoms with E-state index in [4.69, 9.17) is 5.26 Å². The van der Waals surface area contributed by atoms with Crippen LogP contribution in [0.2, 0.25) is 0 Å². The molecular formula is C23H21F2N5O4PS+. The lowest BCUT2D eigenvalue weighted by molar-refractivity contribution is -0.680. The summed E-state index contributed by atoms with van der Waals surface area (Å²) in [6.45, 7) is 1.34. The first-order valence-electron chi connectivity index (χ1n) is 10.6. The molecule has 13 heteroatoms. The van der Waals surface area contributed by atoms with E-state index in [0.717, 1.165) is 22.3 Å². The van der Waals surface area contributed by atoms with E-state index in [-0.39, 0.29) is 12.1 Å². The fraction of sp³-hybridized carbons (Fsp3) is 0.217. The van der Waals surface area contributed by atoms with Crippen molar-refractivity contribution in [2.45, 2.75) is 31.3 Å². The summed E-state index contributed by atoms with van der Waals surface area (Å²) in [5.74, 6) is -2.56. The number of hydrogen-bond donors (Lipinski definition) is 3. The predicted molar refractivity (Wildman–Crippen MR) is 125 cm³/mol. The van der Waals surface area contributed by atoms with Gasteiger partial charge in [-0.2, -0.15) is 5.26 Å². The second kappa shape index (κ2) is 9.97. The summed E-state index contributed by atoms with van der Waals surface area (Å²) in [4.78, 5) is 23.0. The molecule has 3 N–H and O–H groups in total. The number of halogens is 2. The topological polar surface area (TPSA) is 136 Å². The van der Waals surface area contributed by atoms with E-state index >= 15 is 0 Å². The van der Waals surface area contributed by atoms with E-state index in [2.05, 4.69) is 10.1 Å². The van der Waals surface area contributed by atoms with Crippen LogP contribution in [-0.2, 0) is 23.0 Å². The monoisotopic (exact) mass is 532 g/mol. The number of thiazole rings is 1. The van der Waals surface area contributed by atoms with E-state index in [1.807, 2.05) is 6.07 Å². The van der Waals surface area contributed by atoms with E-state index in [0.29, 0.717) is 22.3 Å². The van der Waals surface area contributed by atoms with Crippen LogP contribution in [0.3, 0.4) is 0 Å². The van der Waals surface area contributed by atoms with E-state index < -0.39 is 37.0 Å². The van der Waals surface area contributed by atoms with Gasteiger partial charge < -0.3 is 14.9 Å². The zero-order chi connectivity index (χ0) is 26.1. The Bertz CT molecular complexity index is 1480. The Morgan fingerprint density at radius 1 is 1.25 bits per heavy atom.